The minimum absolute atomic E-state index is 0.901. The Morgan fingerprint density at radius 2 is 2.25 bits per heavy atom. The van der Waals surface area contributed by atoms with Crippen LogP contribution in [0.2, 0.25) is 0 Å². The molecule has 1 aromatic heterocycles. The van der Waals surface area contributed by atoms with Gasteiger partial charge in [0.05, 0.1) is 0 Å². The number of pyridine rings is 1. The van der Waals surface area contributed by atoms with Crippen molar-refractivity contribution in [2.45, 2.75) is 26.7 Å². The van der Waals surface area contributed by atoms with Gasteiger partial charge in [0.1, 0.15) is 0 Å². The molecular formula is C15H20N+. The van der Waals surface area contributed by atoms with E-state index in [1.807, 2.05) is 12.1 Å². The third-order valence-electron chi connectivity index (χ3n) is 2.52. The lowest BCUT2D eigenvalue weighted by Gasteiger charge is -2.01. The van der Waals surface area contributed by atoms with Crippen molar-refractivity contribution in [3.63, 3.8) is 0 Å². The highest BCUT2D eigenvalue weighted by molar-refractivity contribution is 5.60. The lowest BCUT2D eigenvalue weighted by atomic mass is 10.1. The van der Waals surface area contributed by atoms with Crippen LogP contribution in [0.25, 0.3) is 11.8 Å². The van der Waals surface area contributed by atoms with Crippen LogP contribution in [0.4, 0.5) is 0 Å². The Morgan fingerprint density at radius 1 is 1.44 bits per heavy atom. The second kappa shape index (κ2) is 6.78. The van der Waals surface area contributed by atoms with Crippen molar-refractivity contribution >= 4 is 11.8 Å². The molecule has 0 bridgehead atoms. The first-order chi connectivity index (χ1) is 7.83. The molecule has 0 saturated heterocycles. The Bertz CT molecular complexity index is 400. The van der Waals surface area contributed by atoms with Crippen LogP contribution in [0.3, 0.4) is 0 Å². The Hall–Kier alpha value is -1.63. The standard InChI is InChI=1S/C15H20N/c1-4-7-9-12-16-13-10-8-11-15(16)14(5-2)6-3/h4-5,8-13H,1,6-7H2,2-3H3/q+1/b12-9-,14-5+. The first-order valence-corrected chi connectivity index (χ1v) is 5.76. The Labute approximate surface area is 98.4 Å². The average Bonchev–Trinajstić information content (AvgIpc) is 2.33. The van der Waals surface area contributed by atoms with E-state index in [2.05, 4.69) is 61.7 Å². The summed E-state index contributed by atoms with van der Waals surface area (Å²) in [5.41, 5.74) is 2.62. The second-order valence-corrected chi connectivity index (χ2v) is 3.57. The molecule has 1 heteroatoms. The molecule has 84 valence electrons. The predicted octanol–water partition coefficient (Wildman–Crippen LogP) is 3.83. The maximum atomic E-state index is 3.71. The van der Waals surface area contributed by atoms with Crippen molar-refractivity contribution in [2.24, 2.45) is 0 Å². The van der Waals surface area contributed by atoms with Gasteiger partial charge in [-0.05, 0) is 31.9 Å². The maximum absolute atomic E-state index is 3.71. The van der Waals surface area contributed by atoms with Crippen molar-refractivity contribution in [2.75, 3.05) is 0 Å². The number of rotatable bonds is 5. The lowest BCUT2D eigenvalue weighted by molar-refractivity contribution is -0.571. The summed E-state index contributed by atoms with van der Waals surface area (Å²) in [6.07, 6.45) is 12.3. The summed E-state index contributed by atoms with van der Waals surface area (Å²) < 4.78 is 2.16. The van der Waals surface area contributed by atoms with Crippen molar-refractivity contribution in [3.05, 3.63) is 54.9 Å². The molecule has 0 atom stereocenters. The molecule has 0 spiro atoms. The number of aromatic nitrogens is 1. The minimum atomic E-state index is 0.901. The SMILES string of the molecule is C=CC/C=C\[n+]1ccccc1/C(=C/C)CC. The molecule has 1 rings (SSSR count). The maximum Gasteiger partial charge on any atom is 0.213 e. The van der Waals surface area contributed by atoms with Gasteiger partial charge in [0.25, 0.3) is 0 Å². The van der Waals surface area contributed by atoms with Crippen LogP contribution in [-0.2, 0) is 0 Å². The summed E-state index contributed by atoms with van der Waals surface area (Å²) in [5.74, 6) is 0. The molecule has 0 saturated carbocycles. The van der Waals surface area contributed by atoms with Gasteiger partial charge in [0.2, 0.25) is 5.69 Å². The van der Waals surface area contributed by atoms with Gasteiger partial charge in [-0.3, -0.25) is 0 Å². The van der Waals surface area contributed by atoms with Crippen molar-refractivity contribution in [1.82, 2.24) is 0 Å². The van der Waals surface area contributed by atoms with Crippen LogP contribution in [0, 0.1) is 0 Å². The molecule has 0 aliphatic carbocycles. The van der Waals surface area contributed by atoms with Gasteiger partial charge in [-0.2, -0.15) is 4.57 Å². The van der Waals surface area contributed by atoms with Crippen molar-refractivity contribution < 1.29 is 4.57 Å². The highest BCUT2D eigenvalue weighted by Gasteiger charge is 2.09. The zero-order valence-electron chi connectivity index (χ0n) is 10.2. The summed E-state index contributed by atoms with van der Waals surface area (Å²) in [6, 6.07) is 6.27. The Morgan fingerprint density at radius 3 is 2.88 bits per heavy atom. The van der Waals surface area contributed by atoms with Gasteiger partial charge in [0, 0.05) is 17.7 Å². The van der Waals surface area contributed by atoms with E-state index in [4.69, 9.17) is 0 Å². The normalized spacial score (nSPS) is 12.0. The Kier molecular flexibility index (Phi) is 5.27. The molecule has 0 N–H and O–H groups in total. The van der Waals surface area contributed by atoms with Gasteiger partial charge < -0.3 is 0 Å². The molecule has 0 amide bonds. The number of hydrogen-bond acceptors (Lipinski definition) is 0. The number of nitrogens with zero attached hydrogens (tertiary/aromatic N) is 1. The zero-order chi connectivity index (χ0) is 11.8. The van der Waals surface area contributed by atoms with Crippen LogP contribution in [0.1, 0.15) is 32.4 Å². The van der Waals surface area contributed by atoms with Crippen molar-refractivity contribution in [3.8, 4) is 0 Å². The predicted molar refractivity (Wildman–Crippen MR) is 70.7 cm³/mol. The van der Waals surface area contributed by atoms with E-state index in [0.29, 0.717) is 0 Å². The molecule has 0 fully saturated rings. The van der Waals surface area contributed by atoms with E-state index in [0.717, 1.165) is 12.8 Å². The molecule has 1 aromatic rings. The molecule has 0 aliphatic rings. The second-order valence-electron chi connectivity index (χ2n) is 3.57. The lowest BCUT2D eigenvalue weighted by Crippen LogP contribution is -2.30. The summed E-state index contributed by atoms with van der Waals surface area (Å²) in [4.78, 5) is 0. The molecule has 0 unspecified atom stereocenters. The first-order valence-electron chi connectivity index (χ1n) is 5.76. The first kappa shape index (κ1) is 12.4. The highest BCUT2D eigenvalue weighted by Crippen LogP contribution is 2.13. The van der Waals surface area contributed by atoms with E-state index in [1.54, 1.807) is 0 Å². The molecule has 0 aliphatic heterocycles. The quantitative estimate of drug-likeness (QED) is 0.518. The fourth-order valence-corrected chi connectivity index (χ4v) is 1.66. The molecule has 0 aromatic carbocycles. The van der Waals surface area contributed by atoms with E-state index in [9.17, 15) is 0 Å². The number of hydrogen-bond donors (Lipinski definition) is 0. The van der Waals surface area contributed by atoms with E-state index in [-0.39, 0.29) is 0 Å². The third-order valence-corrected chi connectivity index (χ3v) is 2.52. The fourth-order valence-electron chi connectivity index (χ4n) is 1.66. The van der Waals surface area contributed by atoms with Gasteiger partial charge >= 0.3 is 0 Å². The van der Waals surface area contributed by atoms with Crippen LogP contribution < -0.4 is 4.57 Å². The average molecular weight is 214 g/mol. The van der Waals surface area contributed by atoms with Crippen LogP contribution in [0.5, 0.6) is 0 Å². The van der Waals surface area contributed by atoms with Crippen LogP contribution in [0.15, 0.2) is 49.2 Å². The van der Waals surface area contributed by atoms with Gasteiger partial charge in [-0.1, -0.05) is 19.1 Å². The van der Waals surface area contributed by atoms with Crippen molar-refractivity contribution in [1.29, 1.82) is 0 Å². The smallest absolute Gasteiger partial charge is 0.167 e. The van der Waals surface area contributed by atoms with Crippen LogP contribution in [-0.4, -0.2) is 0 Å². The summed E-state index contributed by atoms with van der Waals surface area (Å²) in [6.45, 7) is 7.98. The van der Waals surface area contributed by atoms with E-state index < -0.39 is 0 Å². The Balaban J connectivity index is 3.04. The van der Waals surface area contributed by atoms with E-state index in [1.165, 1.54) is 11.3 Å². The summed E-state index contributed by atoms with van der Waals surface area (Å²) >= 11 is 0. The molecule has 1 heterocycles. The van der Waals surface area contributed by atoms with Gasteiger partial charge in [-0.15, -0.1) is 6.58 Å². The minimum Gasteiger partial charge on any atom is -0.167 e. The molecule has 16 heavy (non-hydrogen) atoms. The molecule has 0 radical (unpaired) electrons. The summed E-state index contributed by atoms with van der Waals surface area (Å²) in [7, 11) is 0. The fraction of sp³-hybridized carbons (Fsp3) is 0.267. The highest BCUT2D eigenvalue weighted by atomic mass is 14.9. The topological polar surface area (TPSA) is 3.88 Å². The van der Waals surface area contributed by atoms with Gasteiger partial charge in [-0.25, -0.2) is 0 Å². The van der Waals surface area contributed by atoms with Gasteiger partial charge in [0.15, 0.2) is 12.4 Å². The van der Waals surface area contributed by atoms with E-state index >= 15 is 0 Å². The zero-order valence-corrected chi connectivity index (χ0v) is 10.2. The number of allylic oxidation sites excluding steroid dienone is 4. The molecule has 1 nitrogen and oxygen atoms in total. The summed E-state index contributed by atoms with van der Waals surface area (Å²) in [5, 5.41) is 0. The van der Waals surface area contributed by atoms with Crippen LogP contribution >= 0.6 is 0 Å². The third kappa shape index (κ3) is 3.20. The largest absolute Gasteiger partial charge is 0.213 e. The monoisotopic (exact) mass is 214 g/mol. The molecular weight excluding hydrogens is 194 g/mol.